The van der Waals surface area contributed by atoms with Crippen molar-refractivity contribution in [2.75, 3.05) is 13.7 Å². The number of methoxy groups -OCH3 is 1. The molecule has 1 saturated heterocycles. The van der Waals surface area contributed by atoms with Crippen molar-refractivity contribution in [1.82, 2.24) is 20.6 Å². The minimum atomic E-state index is 0.122. The summed E-state index contributed by atoms with van der Waals surface area (Å²) < 4.78 is 5.48. The number of nitrogens with zero attached hydrogens (tertiary/aromatic N) is 2. The highest BCUT2D eigenvalue weighted by Gasteiger charge is 2.20. The lowest BCUT2D eigenvalue weighted by atomic mass is 10.0. The van der Waals surface area contributed by atoms with E-state index in [9.17, 15) is 4.79 Å². The van der Waals surface area contributed by atoms with Crippen LogP contribution in [0.2, 0.25) is 0 Å². The number of hydrogen-bond donors (Lipinski definition) is 2. The number of ether oxygens (including phenoxy) is 1. The molecule has 1 fully saturated rings. The molecular formula is C23H24N4O2. The quantitative estimate of drug-likeness (QED) is 0.650. The van der Waals surface area contributed by atoms with Crippen LogP contribution < -0.4 is 15.4 Å². The summed E-state index contributed by atoms with van der Waals surface area (Å²) in [5, 5.41) is 6.28. The number of nitrogens with one attached hydrogen (secondary N) is 2. The number of rotatable bonds is 7. The van der Waals surface area contributed by atoms with Gasteiger partial charge in [-0.1, -0.05) is 48.5 Å². The highest BCUT2D eigenvalue weighted by molar-refractivity contribution is 5.78. The van der Waals surface area contributed by atoms with E-state index in [1.807, 2.05) is 30.3 Å². The number of benzene rings is 2. The van der Waals surface area contributed by atoms with E-state index in [0.29, 0.717) is 25.4 Å². The molecule has 148 valence electrons. The average molecular weight is 388 g/mol. The molecule has 0 bridgehead atoms. The first kappa shape index (κ1) is 19.1. The Hall–Kier alpha value is -3.25. The highest BCUT2D eigenvalue weighted by atomic mass is 16.5. The fourth-order valence-corrected chi connectivity index (χ4v) is 3.50. The van der Waals surface area contributed by atoms with Crippen LogP contribution in [0, 0.1) is 0 Å². The zero-order valence-corrected chi connectivity index (χ0v) is 16.4. The van der Waals surface area contributed by atoms with Crippen molar-refractivity contribution in [2.24, 2.45) is 0 Å². The number of carbonyl (C=O) groups excluding carboxylic acids is 1. The summed E-state index contributed by atoms with van der Waals surface area (Å²) in [4.78, 5) is 20.5. The Labute approximate surface area is 170 Å². The summed E-state index contributed by atoms with van der Waals surface area (Å²) >= 11 is 0. The van der Waals surface area contributed by atoms with Gasteiger partial charge in [0.05, 0.1) is 19.0 Å². The molecule has 2 heterocycles. The van der Waals surface area contributed by atoms with Gasteiger partial charge in [-0.2, -0.15) is 0 Å². The average Bonchev–Trinajstić information content (AvgIpc) is 3.19. The second-order valence-electron chi connectivity index (χ2n) is 7.09. The van der Waals surface area contributed by atoms with E-state index in [4.69, 9.17) is 4.74 Å². The molecule has 0 spiro atoms. The van der Waals surface area contributed by atoms with Gasteiger partial charge in [-0.15, -0.1) is 0 Å². The molecule has 1 amide bonds. The van der Waals surface area contributed by atoms with Crippen LogP contribution in [0.4, 0.5) is 0 Å². The molecule has 2 aromatic carbocycles. The fourth-order valence-electron chi connectivity index (χ4n) is 3.50. The first-order chi connectivity index (χ1) is 14.2. The van der Waals surface area contributed by atoms with Gasteiger partial charge in [0.1, 0.15) is 5.69 Å². The Kier molecular flexibility index (Phi) is 5.81. The van der Waals surface area contributed by atoms with Crippen LogP contribution in [0.25, 0.3) is 22.4 Å². The van der Waals surface area contributed by atoms with Crippen LogP contribution in [0.3, 0.4) is 0 Å². The molecule has 4 rings (SSSR count). The van der Waals surface area contributed by atoms with Crippen LogP contribution in [-0.4, -0.2) is 35.6 Å². The number of amides is 1. The Morgan fingerprint density at radius 2 is 1.90 bits per heavy atom. The lowest BCUT2D eigenvalue weighted by Gasteiger charge is -2.13. The maximum absolute atomic E-state index is 11.3. The first-order valence-corrected chi connectivity index (χ1v) is 9.79. The molecule has 1 aromatic heterocycles. The van der Waals surface area contributed by atoms with Gasteiger partial charge in [0.2, 0.25) is 11.8 Å². The molecular weight excluding hydrogens is 364 g/mol. The summed E-state index contributed by atoms with van der Waals surface area (Å²) in [6.07, 6.45) is 3.25. The lowest BCUT2D eigenvalue weighted by molar-refractivity contribution is -0.119. The normalized spacial score (nSPS) is 15.9. The van der Waals surface area contributed by atoms with Crippen LogP contribution in [0.1, 0.15) is 18.5 Å². The second kappa shape index (κ2) is 8.84. The van der Waals surface area contributed by atoms with Crippen LogP contribution in [0.5, 0.6) is 5.88 Å². The standard InChI is InChI=1S/C23H24N4O2/c1-29-23-21(14-24-13-19-10-11-22(28)26-19)25-15-20(27-23)18-9-5-8-17(12-18)16-6-3-2-4-7-16/h2-9,12,15,19,24H,10-11,13-14H2,1H3,(H,26,28)/t19-/m0/s1. The highest BCUT2D eigenvalue weighted by Crippen LogP contribution is 2.26. The molecule has 2 N–H and O–H groups in total. The fraction of sp³-hybridized carbons (Fsp3) is 0.261. The minimum absolute atomic E-state index is 0.122. The molecule has 1 atom stereocenters. The maximum Gasteiger partial charge on any atom is 0.237 e. The van der Waals surface area contributed by atoms with Gasteiger partial charge in [0, 0.05) is 31.1 Å². The van der Waals surface area contributed by atoms with Gasteiger partial charge in [0.15, 0.2) is 0 Å². The second-order valence-corrected chi connectivity index (χ2v) is 7.09. The van der Waals surface area contributed by atoms with E-state index < -0.39 is 0 Å². The molecule has 0 radical (unpaired) electrons. The zero-order chi connectivity index (χ0) is 20.1. The monoisotopic (exact) mass is 388 g/mol. The van der Waals surface area contributed by atoms with E-state index in [1.54, 1.807) is 13.3 Å². The van der Waals surface area contributed by atoms with Crippen LogP contribution >= 0.6 is 0 Å². The number of carbonyl (C=O) groups is 1. The summed E-state index contributed by atoms with van der Waals surface area (Å²) in [5.41, 5.74) is 4.80. The van der Waals surface area contributed by atoms with E-state index >= 15 is 0 Å². The van der Waals surface area contributed by atoms with Gasteiger partial charge >= 0.3 is 0 Å². The molecule has 6 heteroatoms. The van der Waals surface area contributed by atoms with E-state index in [-0.39, 0.29) is 11.9 Å². The third kappa shape index (κ3) is 4.60. The number of aromatic nitrogens is 2. The molecule has 6 nitrogen and oxygen atoms in total. The maximum atomic E-state index is 11.3. The number of hydrogen-bond acceptors (Lipinski definition) is 5. The van der Waals surface area contributed by atoms with Gasteiger partial charge in [0.25, 0.3) is 0 Å². The van der Waals surface area contributed by atoms with Crippen molar-refractivity contribution >= 4 is 5.91 Å². The lowest BCUT2D eigenvalue weighted by Crippen LogP contribution is -2.35. The minimum Gasteiger partial charge on any atom is -0.480 e. The van der Waals surface area contributed by atoms with Gasteiger partial charge < -0.3 is 15.4 Å². The summed E-state index contributed by atoms with van der Waals surface area (Å²) in [5.74, 6) is 0.631. The van der Waals surface area contributed by atoms with Gasteiger partial charge in [-0.3, -0.25) is 9.78 Å². The third-order valence-electron chi connectivity index (χ3n) is 5.04. The molecule has 0 saturated carbocycles. The van der Waals surface area contributed by atoms with Crippen molar-refractivity contribution in [3.8, 4) is 28.3 Å². The Bertz CT molecular complexity index is 991. The molecule has 3 aromatic rings. The van der Waals surface area contributed by atoms with E-state index in [1.165, 1.54) is 0 Å². The van der Waals surface area contributed by atoms with Crippen molar-refractivity contribution in [2.45, 2.75) is 25.4 Å². The topological polar surface area (TPSA) is 76.1 Å². The Morgan fingerprint density at radius 1 is 1.10 bits per heavy atom. The third-order valence-corrected chi connectivity index (χ3v) is 5.04. The molecule has 1 aliphatic heterocycles. The van der Waals surface area contributed by atoms with Crippen molar-refractivity contribution < 1.29 is 9.53 Å². The van der Waals surface area contributed by atoms with Crippen molar-refractivity contribution in [1.29, 1.82) is 0 Å². The Morgan fingerprint density at radius 3 is 2.66 bits per heavy atom. The van der Waals surface area contributed by atoms with Crippen LogP contribution in [-0.2, 0) is 11.3 Å². The molecule has 0 unspecified atom stereocenters. The largest absolute Gasteiger partial charge is 0.480 e. The summed E-state index contributed by atoms with van der Waals surface area (Å²) in [6, 6.07) is 18.7. The van der Waals surface area contributed by atoms with Gasteiger partial charge in [-0.05, 0) is 23.6 Å². The molecule has 1 aliphatic rings. The summed E-state index contributed by atoms with van der Waals surface area (Å²) in [7, 11) is 1.61. The zero-order valence-electron chi connectivity index (χ0n) is 16.4. The van der Waals surface area contributed by atoms with Crippen molar-refractivity contribution in [3.05, 3.63) is 66.5 Å². The first-order valence-electron chi connectivity index (χ1n) is 9.79. The summed E-state index contributed by atoms with van der Waals surface area (Å²) in [6.45, 7) is 1.24. The van der Waals surface area contributed by atoms with E-state index in [0.717, 1.165) is 34.5 Å². The predicted octanol–water partition coefficient (Wildman–Crippen LogP) is 3.19. The van der Waals surface area contributed by atoms with Crippen LogP contribution in [0.15, 0.2) is 60.8 Å². The predicted molar refractivity (Wildman–Crippen MR) is 112 cm³/mol. The SMILES string of the molecule is COc1nc(-c2cccc(-c3ccccc3)c2)cnc1CNC[C@@H]1CCC(=O)N1. The molecule has 0 aliphatic carbocycles. The molecule has 29 heavy (non-hydrogen) atoms. The Balaban J connectivity index is 1.48. The van der Waals surface area contributed by atoms with E-state index in [2.05, 4.69) is 44.9 Å². The smallest absolute Gasteiger partial charge is 0.237 e. The van der Waals surface area contributed by atoms with Gasteiger partial charge in [-0.25, -0.2) is 4.98 Å². The van der Waals surface area contributed by atoms with Crippen molar-refractivity contribution in [3.63, 3.8) is 0 Å².